The van der Waals surface area contributed by atoms with Gasteiger partial charge in [-0.3, -0.25) is 0 Å². The molecule has 0 radical (unpaired) electrons. The topological polar surface area (TPSA) is 62.3 Å². The lowest BCUT2D eigenvalue weighted by molar-refractivity contribution is 0.367. The zero-order valence-corrected chi connectivity index (χ0v) is 13.6. The van der Waals surface area contributed by atoms with Gasteiger partial charge in [0.15, 0.2) is 5.03 Å². The maximum atomic E-state index is 12.7. The molecule has 0 spiro atoms. The summed E-state index contributed by atoms with van der Waals surface area (Å²) in [5.41, 5.74) is 0.574. The van der Waals surface area contributed by atoms with Crippen LogP contribution in [0.4, 0.5) is 5.69 Å². The molecule has 0 aliphatic carbocycles. The van der Waals surface area contributed by atoms with E-state index in [4.69, 9.17) is 0 Å². The summed E-state index contributed by atoms with van der Waals surface area (Å²) in [6.07, 6.45) is 4.23. The predicted octanol–water partition coefficient (Wildman–Crippen LogP) is 2.71. The fraction of sp³-hybridized carbons (Fsp3) is 0.643. The number of hydrogen-bond acceptors (Lipinski definition) is 4. The third kappa shape index (κ3) is 3.93. The van der Waals surface area contributed by atoms with Gasteiger partial charge in [0.05, 0.1) is 5.69 Å². The molecule has 5 nitrogen and oxygen atoms in total. The molecule has 1 unspecified atom stereocenters. The Morgan fingerprint density at radius 2 is 2.05 bits per heavy atom. The van der Waals surface area contributed by atoms with Gasteiger partial charge in [0.2, 0.25) is 0 Å². The zero-order valence-electron chi connectivity index (χ0n) is 12.8. The van der Waals surface area contributed by atoms with Crippen molar-refractivity contribution in [3.63, 3.8) is 0 Å². The summed E-state index contributed by atoms with van der Waals surface area (Å²) in [5, 5.41) is 3.24. The summed E-state index contributed by atoms with van der Waals surface area (Å²) < 4.78 is 26.7. The fourth-order valence-electron chi connectivity index (χ4n) is 1.96. The first-order valence-electron chi connectivity index (χ1n) is 7.12. The number of nitrogens with zero attached hydrogens (tertiary/aromatic N) is 2. The zero-order chi connectivity index (χ0) is 15.2. The Labute approximate surface area is 122 Å². The first-order chi connectivity index (χ1) is 9.45. The standard InChI is InChI=1S/C14H25N3O2S/c1-5-8-12(3)17(4)20(18,19)14-13(15-10-6-2)9-7-11-16-14/h7,9,11-12,15H,5-6,8,10H2,1-4H3. The molecule has 1 aromatic rings. The van der Waals surface area contributed by atoms with E-state index in [1.807, 2.05) is 20.8 Å². The van der Waals surface area contributed by atoms with Crippen molar-refractivity contribution in [2.75, 3.05) is 18.9 Å². The van der Waals surface area contributed by atoms with E-state index in [2.05, 4.69) is 10.3 Å². The molecule has 114 valence electrons. The Bertz CT molecular complexity index is 517. The van der Waals surface area contributed by atoms with Crippen molar-refractivity contribution < 1.29 is 8.42 Å². The molecule has 1 rings (SSSR count). The lowest BCUT2D eigenvalue weighted by Gasteiger charge is -2.24. The molecule has 0 amide bonds. The molecule has 1 N–H and O–H groups in total. The molecule has 0 aliphatic rings. The van der Waals surface area contributed by atoms with Crippen LogP contribution in [0.3, 0.4) is 0 Å². The highest BCUT2D eigenvalue weighted by Gasteiger charge is 2.28. The largest absolute Gasteiger partial charge is 0.383 e. The van der Waals surface area contributed by atoms with Gasteiger partial charge in [-0.1, -0.05) is 20.3 Å². The van der Waals surface area contributed by atoms with Gasteiger partial charge in [0, 0.05) is 25.8 Å². The molecule has 0 bridgehead atoms. The van der Waals surface area contributed by atoms with Gasteiger partial charge in [-0.25, -0.2) is 13.4 Å². The van der Waals surface area contributed by atoms with Crippen molar-refractivity contribution in [2.45, 2.75) is 51.1 Å². The Hall–Kier alpha value is -1.14. The van der Waals surface area contributed by atoms with Crippen LogP contribution in [-0.2, 0) is 10.0 Å². The summed E-state index contributed by atoms with van der Waals surface area (Å²) in [7, 11) is -1.94. The third-order valence-corrected chi connectivity index (χ3v) is 5.22. The van der Waals surface area contributed by atoms with E-state index in [1.165, 1.54) is 10.5 Å². The van der Waals surface area contributed by atoms with Crippen LogP contribution >= 0.6 is 0 Å². The Morgan fingerprint density at radius 1 is 1.35 bits per heavy atom. The fourth-order valence-corrected chi connectivity index (χ4v) is 3.43. The van der Waals surface area contributed by atoms with Gasteiger partial charge in [-0.15, -0.1) is 0 Å². The monoisotopic (exact) mass is 299 g/mol. The highest BCUT2D eigenvalue weighted by atomic mass is 32.2. The van der Waals surface area contributed by atoms with Crippen LogP contribution in [0.25, 0.3) is 0 Å². The molecule has 1 atom stereocenters. The summed E-state index contributed by atoms with van der Waals surface area (Å²) >= 11 is 0. The van der Waals surface area contributed by atoms with Gasteiger partial charge < -0.3 is 5.32 Å². The van der Waals surface area contributed by atoms with Crippen LogP contribution < -0.4 is 5.32 Å². The smallest absolute Gasteiger partial charge is 0.262 e. The second-order valence-electron chi connectivity index (χ2n) is 4.94. The number of nitrogens with one attached hydrogen (secondary N) is 1. The number of rotatable bonds is 8. The van der Waals surface area contributed by atoms with E-state index in [-0.39, 0.29) is 11.1 Å². The second-order valence-corrected chi connectivity index (χ2v) is 6.85. The van der Waals surface area contributed by atoms with Gasteiger partial charge >= 0.3 is 0 Å². The maximum Gasteiger partial charge on any atom is 0.262 e. The molecule has 0 saturated heterocycles. The van der Waals surface area contributed by atoms with Crippen molar-refractivity contribution in [1.29, 1.82) is 0 Å². The Balaban J connectivity index is 3.08. The minimum atomic E-state index is -3.56. The van der Waals surface area contributed by atoms with E-state index in [0.717, 1.165) is 25.8 Å². The molecule has 0 aliphatic heterocycles. The summed E-state index contributed by atoms with van der Waals surface area (Å²) in [4.78, 5) is 4.07. The van der Waals surface area contributed by atoms with Crippen LogP contribution in [-0.4, -0.2) is 37.3 Å². The lowest BCUT2D eigenvalue weighted by Crippen LogP contribution is -2.35. The molecule has 1 aromatic heterocycles. The Kier molecular flexibility index (Phi) is 6.42. The maximum absolute atomic E-state index is 12.7. The van der Waals surface area contributed by atoms with E-state index in [1.54, 1.807) is 19.2 Å². The molecule has 0 aromatic carbocycles. The van der Waals surface area contributed by atoms with Gasteiger partial charge in [-0.05, 0) is 31.9 Å². The van der Waals surface area contributed by atoms with Gasteiger partial charge in [0.1, 0.15) is 0 Å². The SMILES string of the molecule is CCCNc1cccnc1S(=O)(=O)N(C)C(C)CCC. The van der Waals surface area contributed by atoms with Crippen molar-refractivity contribution in [3.05, 3.63) is 18.3 Å². The van der Waals surface area contributed by atoms with Crippen molar-refractivity contribution in [3.8, 4) is 0 Å². The minimum absolute atomic E-state index is 0.0361. The lowest BCUT2D eigenvalue weighted by atomic mass is 10.2. The van der Waals surface area contributed by atoms with Crippen LogP contribution in [0, 0.1) is 0 Å². The third-order valence-electron chi connectivity index (χ3n) is 3.29. The first kappa shape index (κ1) is 16.9. The molecule has 0 fully saturated rings. The molecular weight excluding hydrogens is 274 g/mol. The summed E-state index contributed by atoms with van der Waals surface area (Å²) in [6, 6.07) is 3.46. The highest BCUT2D eigenvalue weighted by molar-refractivity contribution is 7.89. The normalized spacial score (nSPS) is 13.4. The van der Waals surface area contributed by atoms with Crippen molar-refractivity contribution >= 4 is 15.7 Å². The van der Waals surface area contributed by atoms with Gasteiger partial charge in [0.25, 0.3) is 10.0 Å². The number of anilines is 1. The average Bonchev–Trinajstić information content (AvgIpc) is 2.44. The average molecular weight is 299 g/mol. The Morgan fingerprint density at radius 3 is 2.65 bits per heavy atom. The number of aromatic nitrogens is 1. The van der Waals surface area contributed by atoms with Crippen LogP contribution in [0.1, 0.15) is 40.0 Å². The van der Waals surface area contributed by atoms with E-state index in [9.17, 15) is 8.42 Å². The van der Waals surface area contributed by atoms with E-state index < -0.39 is 10.0 Å². The highest BCUT2D eigenvalue weighted by Crippen LogP contribution is 2.23. The van der Waals surface area contributed by atoms with E-state index in [0.29, 0.717) is 5.69 Å². The van der Waals surface area contributed by atoms with Crippen LogP contribution in [0.2, 0.25) is 0 Å². The van der Waals surface area contributed by atoms with Gasteiger partial charge in [-0.2, -0.15) is 4.31 Å². The number of sulfonamides is 1. The van der Waals surface area contributed by atoms with Crippen molar-refractivity contribution in [1.82, 2.24) is 9.29 Å². The second kappa shape index (κ2) is 7.59. The first-order valence-corrected chi connectivity index (χ1v) is 8.56. The molecule has 6 heteroatoms. The van der Waals surface area contributed by atoms with Crippen LogP contribution in [0.15, 0.2) is 23.4 Å². The minimum Gasteiger partial charge on any atom is -0.383 e. The quantitative estimate of drug-likeness (QED) is 0.801. The molecule has 1 heterocycles. The van der Waals surface area contributed by atoms with Crippen molar-refractivity contribution in [2.24, 2.45) is 0 Å². The molecular formula is C14H25N3O2S. The summed E-state index contributed by atoms with van der Waals surface area (Å²) in [5.74, 6) is 0. The number of pyridine rings is 1. The molecule has 0 saturated carbocycles. The summed E-state index contributed by atoms with van der Waals surface area (Å²) in [6.45, 7) is 6.73. The number of hydrogen-bond donors (Lipinski definition) is 1. The van der Waals surface area contributed by atoms with Crippen LogP contribution in [0.5, 0.6) is 0 Å². The van der Waals surface area contributed by atoms with E-state index >= 15 is 0 Å². The molecule has 20 heavy (non-hydrogen) atoms. The predicted molar refractivity (Wildman–Crippen MR) is 82.3 cm³/mol.